The number of nitrogens with zero attached hydrogens (tertiary/aromatic N) is 2. The maximum atomic E-state index is 13.7. The maximum absolute atomic E-state index is 13.7. The Balaban J connectivity index is 1.67. The van der Waals surface area contributed by atoms with Crippen LogP contribution in [0.15, 0.2) is 83.8 Å². The quantitative estimate of drug-likeness (QED) is 0.470. The third kappa shape index (κ3) is 6.79. The van der Waals surface area contributed by atoms with Crippen LogP contribution in [-0.2, 0) is 10.0 Å². The number of carbonyl (C=O) groups excluding carboxylic acids is 1. The number of hydrogen-bond acceptors (Lipinski definition) is 5. The van der Waals surface area contributed by atoms with Gasteiger partial charge in [0.2, 0.25) is 10.0 Å². The Morgan fingerprint density at radius 2 is 1.72 bits per heavy atom. The number of carbonyl (C=O) groups is 1. The van der Waals surface area contributed by atoms with Crippen LogP contribution in [0.25, 0.3) is 0 Å². The van der Waals surface area contributed by atoms with Crippen LogP contribution in [0.3, 0.4) is 0 Å². The first-order chi connectivity index (χ1) is 18.7. The molecule has 1 heterocycles. The van der Waals surface area contributed by atoms with Crippen molar-refractivity contribution in [2.45, 2.75) is 30.9 Å². The topological polar surface area (TPSA) is 99.2 Å². The Morgan fingerprint density at radius 1 is 1.08 bits per heavy atom. The van der Waals surface area contributed by atoms with Crippen molar-refractivity contribution in [1.82, 2.24) is 9.21 Å². The molecule has 1 aliphatic heterocycles. The van der Waals surface area contributed by atoms with Gasteiger partial charge >= 0.3 is 6.03 Å². The number of para-hydroxylation sites is 1. The minimum atomic E-state index is -3.97. The summed E-state index contributed by atoms with van der Waals surface area (Å²) in [5, 5.41) is 12.7. The van der Waals surface area contributed by atoms with E-state index in [0.29, 0.717) is 11.3 Å². The second-order valence-electron chi connectivity index (χ2n) is 9.69. The molecule has 1 aliphatic rings. The molecule has 8 nitrogen and oxygen atoms in total. The highest BCUT2D eigenvalue weighted by atomic mass is 32.2. The van der Waals surface area contributed by atoms with Crippen molar-refractivity contribution in [3.8, 4) is 17.6 Å². The van der Waals surface area contributed by atoms with E-state index in [4.69, 9.17) is 4.74 Å². The summed E-state index contributed by atoms with van der Waals surface area (Å²) in [6, 6.07) is 22.4. The second-order valence-corrected chi connectivity index (χ2v) is 11.6. The highest BCUT2D eigenvalue weighted by Crippen LogP contribution is 2.34. The van der Waals surface area contributed by atoms with Gasteiger partial charge in [-0.2, -0.15) is 4.31 Å². The lowest BCUT2D eigenvalue weighted by Gasteiger charge is -2.37. The number of rotatable bonds is 5. The molecule has 3 aromatic carbocycles. The molecule has 0 fully saturated rings. The fraction of sp³-hybridized carbons (Fsp3) is 0.300. The number of hydrogen-bond donors (Lipinski definition) is 2. The van der Waals surface area contributed by atoms with Gasteiger partial charge in [-0.3, -0.25) is 0 Å². The Labute approximate surface area is 230 Å². The minimum Gasteiger partial charge on any atom is -0.487 e. The molecule has 4 rings (SSSR count). The van der Waals surface area contributed by atoms with E-state index in [0.717, 1.165) is 5.56 Å². The van der Waals surface area contributed by atoms with Crippen molar-refractivity contribution in [3.05, 3.63) is 90.0 Å². The molecule has 0 aliphatic carbocycles. The molecule has 2 amide bonds. The third-order valence-electron chi connectivity index (χ3n) is 6.62. The minimum absolute atomic E-state index is 0.00125. The molecule has 2 N–H and O–H groups in total. The highest BCUT2D eigenvalue weighted by Gasteiger charge is 2.38. The number of aliphatic hydroxyl groups is 1. The standard InChI is InChI=1S/C30H33N3O5S/c1-22-19-33(23(2)21-34)39(36,37)29-17-16-25(15-14-24-10-6-4-7-11-24)18-27(29)38-28(22)20-32(3)30(35)31-26-12-8-5-9-13-26/h4-13,16-18,22-23,28,34H,19-21H2,1-3H3,(H,31,35)/t22-,23-,28+/m0/s1. The number of fused-ring (bicyclic) bond motifs is 1. The largest absolute Gasteiger partial charge is 0.487 e. The zero-order chi connectivity index (χ0) is 28.0. The molecule has 0 radical (unpaired) electrons. The lowest BCUT2D eigenvalue weighted by molar-refractivity contribution is 0.0830. The van der Waals surface area contributed by atoms with Crippen molar-refractivity contribution < 1.29 is 23.1 Å². The first-order valence-electron chi connectivity index (χ1n) is 12.8. The van der Waals surface area contributed by atoms with Crippen LogP contribution in [0.2, 0.25) is 0 Å². The summed E-state index contributed by atoms with van der Waals surface area (Å²) in [5.41, 5.74) is 2.09. The average molecular weight is 548 g/mol. The molecule has 204 valence electrons. The molecule has 3 aromatic rings. The van der Waals surface area contributed by atoms with Crippen LogP contribution < -0.4 is 10.1 Å². The number of sulfonamides is 1. The highest BCUT2D eigenvalue weighted by molar-refractivity contribution is 7.89. The third-order valence-corrected chi connectivity index (χ3v) is 8.64. The van der Waals surface area contributed by atoms with E-state index in [1.54, 1.807) is 38.2 Å². The number of aliphatic hydroxyl groups excluding tert-OH is 1. The Kier molecular flexibility index (Phi) is 8.92. The van der Waals surface area contributed by atoms with Gasteiger partial charge in [0.1, 0.15) is 16.7 Å². The van der Waals surface area contributed by atoms with E-state index in [1.807, 2.05) is 55.5 Å². The second kappa shape index (κ2) is 12.3. The maximum Gasteiger partial charge on any atom is 0.321 e. The van der Waals surface area contributed by atoms with Crippen molar-refractivity contribution in [2.75, 3.05) is 32.1 Å². The van der Waals surface area contributed by atoms with E-state index in [2.05, 4.69) is 17.2 Å². The van der Waals surface area contributed by atoms with Crippen LogP contribution >= 0.6 is 0 Å². The van der Waals surface area contributed by atoms with Crippen LogP contribution in [0.4, 0.5) is 10.5 Å². The summed E-state index contributed by atoms with van der Waals surface area (Å²) in [4.78, 5) is 14.4. The first kappa shape index (κ1) is 28.2. The smallest absolute Gasteiger partial charge is 0.321 e. The normalized spacial score (nSPS) is 19.2. The SMILES string of the molecule is C[C@H]1CN([C@@H](C)CO)S(=O)(=O)c2ccc(C#Cc3ccccc3)cc2O[C@@H]1CN(C)C(=O)Nc1ccccc1. The summed E-state index contributed by atoms with van der Waals surface area (Å²) in [5.74, 6) is 6.03. The zero-order valence-corrected chi connectivity index (χ0v) is 23.1. The molecular weight excluding hydrogens is 514 g/mol. The summed E-state index contributed by atoms with van der Waals surface area (Å²) in [6.45, 7) is 3.55. The van der Waals surface area contributed by atoms with Crippen molar-refractivity contribution in [3.63, 3.8) is 0 Å². The predicted octanol–water partition coefficient (Wildman–Crippen LogP) is 4.02. The zero-order valence-electron chi connectivity index (χ0n) is 22.2. The van der Waals surface area contributed by atoms with Crippen molar-refractivity contribution in [2.24, 2.45) is 5.92 Å². The van der Waals surface area contributed by atoms with Gasteiger partial charge in [0.05, 0.1) is 13.2 Å². The number of benzene rings is 3. The number of likely N-dealkylation sites (N-methyl/N-ethyl adjacent to an activating group) is 1. The van der Waals surface area contributed by atoms with Gasteiger partial charge in [0.25, 0.3) is 0 Å². The molecule has 9 heteroatoms. The van der Waals surface area contributed by atoms with Gasteiger partial charge < -0.3 is 20.1 Å². The first-order valence-corrected chi connectivity index (χ1v) is 14.2. The fourth-order valence-corrected chi connectivity index (χ4v) is 6.11. The van der Waals surface area contributed by atoms with Crippen molar-refractivity contribution >= 4 is 21.7 Å². The van der Waals surface area contributed by atoms with Gasteiger partial charge in [-0.25, -0.2) is 13.2 Å². The van der Waals surface area contributed by atoms with Crippen molar-refractivity contribution in [1.29, 1.82) is 0 Å². The predicted molar refractivity (Wildman–Crippen MR) is 151 cm³/mol. The van der Waals surface area contributed by atoms with Gasteiger partial charge in [-0.15, -0.1) is 0 Å². The van der Waals surface area contributed by atoms with Crippen LogP contribution in [0.5, 0.6) is 5.75 Å². The summed E-state index contributed by atoms with van der Waals surface area (Å²) >= 11 is 0. The van der Waals surface area contributed by atoms with Crippen LogP contribution in [0.1, 0.15) is 25.0 Å². The summed E-state index contributed by atoms with van der Waals surface area (Å²) < 4.78 is 35.0. The number of anilines is 1. The molecule has 0 aromatic heterocycles. The number of nitrogens with one attached hydrogen (secondary N) is 1. The van der Waals surface area contributed by atoms with E-state index in [1.165, 1.54) is 15.3 Å². The molecule has 3 atom stereocenters. The van der Waals surface area contributed by atoms with Gasteiger partial charge in [-0.1, -0.05) is 55.2 Å². The lowest BCUT2D eigenvalue weighted by atomic mass is 10.0. The van der Waals surface area contributed by atoms with Gasteiger partial charge in [-0.05, 0) is 49.4 Å². The fourth-order valence-electron chi connectivity index (χ4n) is 4.28. The van der Waals surface area contributed by atoms with Gasteiger partial charge in [0.15, 0.2) is 0 Å². The van der Waals surface area contributed by atoms with E-state index in [9.17, 15) is 18.3 Å². The molecule has 0 spiro atoms. The molecule has 0 unspecified atom stereocenters. The monoisotopic (exact) mass is 547 g/mol. The molecule has 39 heavy (non-hydrogen) atoms. The molecule has 0 saturated carbocycles. The lowest BCUT2D eigenvalue weighted by Crippen LogP contribution is -2.50. The molecule has 0 saturated heterocycles. The summed E-state index contributed by atoms with van der Waals surface area (Å²) in [7, 11) is -2.31. The Morgan fingerprint density at radius 3 is 2.38 bits per heavy atom. The van der Waals surface area contributed by atoms with Gasteiger partial charge in [0, 0.05) is 42.4 Å². The van der Waals surface area contributed by atoms with E-state index >= 15 is 0 Å². The van der Waals surface area contributed by atoms with E-state index in [-0.39, 0.29) is 42.3 Å². The Hall–Kier alpha value is -3.84. The molecule has 0 bridgehead atoms. The average Bonchev–Trinajstić information content (AvgIpc) is 2.94. The Bertz CT molecular complexity index is 1450. The van der Waals surface area contributed by atoms with E-state index < -0.39 is 22.2 Å². The summed E-state index contributed by atoms with van der Waals surface area (Å²) in [6.07, 6.45) is -0.531. The van der Waals surface area contributed by atoms with Crippen LogP contribution in [-0.4, -0.2) is 67.7 Å². The molecular formula is C30H33N3O5S. The number of urea groups is 1. The number of amides is 2. The van der Waals surface area contributed by atoms with Crippen LogP contribution in [0, 0.1) is 17.8 Å². The number of ether oxygens (including phenoxy) is 1.